The number of nitrogens with two attached hydrogens (primary N) is 5. The van der Waals surface area contributed by atoms with Crippen LogP contribution in [0.4, 0.5) is 19.2 Å². The van der Waals surface area contributed by atoms with E-state index >= 15 is 9.59 Å². The van der Waals surface area contributed by atoms with Gasteiger partial charge in [-0.05, 0) is 213 Å². The molecule has 2 aliphatic heterocycles. The number of ketones is 6. The summed E-state index contributed by atoms with van der Waals surface area (Å²) in [5.41, 5.74) is 38.6. The minimum absolute atomic E-state index is 0.0120. The second kappa shape index (κ2) is 60.8. The number of carbonyl (C=O) groups excluding carboxylic acids is 16. The molecule has 8 bridgehead atoms. The van der Waals surface area contributed by atoms with Gasteiger partial charge in [0.15, 0.2) is 34.7 Å². The Morgan fingerprint density at radius 2 is 0.793 bits per heavy atom. The van der Waals surface area contributed by atoms with Crippen LogP contribution in [0.3, 0.4) is 0 Å². The highest BCUT2D eigenvalue weighted by atomic mass is 16.7. The number of alkyl carbamates (subject to hydrolysis) is 2. The first-order valence-electron chi connectivity index (χ1n) is 52.3. The molecule has 0 saturated heterocycles. The van der Waals surface area contributed by atoms with Crippen LogP contribution in [-0.2, 0) is 92.8 Å². The van der Waals surface area contributed by atoms with E-state index in [9.17, 15) is 67.1 Å². The third-order valence-electron chi connectivity index (χ3n) is 25.8. The van der Waals surface area contributed by atoms with Crippen molar-refractivity contribution in [2.45, 2.75) is 287 Å². The van der Waals surface area contributed by atoms with Gasteiger partial charge in [0.05, 0.1) is 25.2 Å². The van der Waals surface area contributed by atoms with E-state index in [0.717, 1.165) is 73.6 Å². The summed E-state index contributed by atoms with van der Waals surface area (Å²) in [6.45, 7) is 27.4. The van der Waals surface area contributed by atoms with Crippen LogP contribution in [0.1, 0.15) is 289 Å². The molecule has 37 nitrogen and oxygen atoms in total. The number of likely N-dealkylation sites (N-methyl/N-ethyl adjacent to an activating group) is 2. The lowest BCUT2D eigenvalue weighted by Crippen LogP contribution is -2.46. The third-order valence-corrected chi connectivity index (χ3v) is 25.8. The lowest BCUT2D eigenvalue weighted by molar-refractivity contribution is -0.142. The standard InChI is InChI=1S/C62H88N6O14.C51H71N7O10/c1-13-15-16-17-18-19-41-20-23-45(38(3)31-41)49(69)37-44(26-27-64-59(76)80-61(6,7)8)57(74)68(12)54-43-22-25-53(78-29-14-2)47(36-43)46-34-42(21-24-52(46)79-30-28-65-60(77)81-62(9,10)11)35-48(66-55(72)39(4)33-51(54)71)50(70)32-40(5)56(73)67-82-58(63)75;1-6-7-8-9-10-11-34-12-15-38(31(2)24-34)42(59)30-37(18-19-52)50(64)58(5)47-36-14-17-46(67-23-21-54)40(29-36)39-27-35(13-16-45(39)66-22-20-53)28-41(56-48(62)32(3)26-44(47)61)43(60)25-33(4)49(63)57-68-51(55)65/h20-25,31,34,36,39-40,44,48,54H,13-19,26-30,32-33,35,37H2,1-12H3,(H2,63,75)(H,64,76)(H,65,77)(H,66,72)(H,67,73);12-17,24,27,29,32-33,37,41,47H,6-11,18-23,25-26,28,30,52-54H2,1-5H3,(H2,55,65)(H,56,62)(H,57,63)/t39-,40-,44-,48+,54+;32-,33-,37-,41+,47+/m11/s1. The van der Waals surface area contributed by atoms with E-state index in [1.165, 1.54) is 70.3 Å². The molecular formula is C113H159N13O24. The molecule has 8 rings (SSSR count). The Kier molecular flexibility index (Phi) is 50.0. The zero-order valence-electron chi connectivity index (χ0n) is 90.4. The van der Waals surface area contributed by atoms with E-state index in [0.29, 0.717) is 85.1 Å². The maximum Gasteiger partial charge on any atom is 0.428 e. The molecule has 6 aromatic carbocycles. The van der Waals surface area contributed by atoms with Crippen molar-refractivity contribution in [3.05, 3.63) is 165 Å². The van der Waals surface area contributed by atoms with Gasteiger partial charge in [0.1, 0.15) is 66.1 Å². The zero-order valence-corrected chi connectivity index (χ0v) is 90.4. The minimum Gasteiger partial charge on any atom is -0.493 e. The number of nitrogens with one attached hydrogen (secondary N) is 6. The summed E-state index contributed by atoms with van der Waals surface area (Å²) in [7, 11) is 2.97. The van der Waals surface area contributed by atoms with Crippen LogP contribution in [0.5, 0.6) is 23.0 Å². The number of carbonyl (C=O) groups is 16. The van der Waals surface area contributed by atoms with Crippen LogP contribution in [0.25, 0.3) is 22.3 Å². The number of amides is 10. The molecule has 0 fully saturated rings. The summed E-state index contributed by atoms with van der Waals surface area (Å²) in [6, 6.07) is 27.0. The lowest BCUT2D eigenvalue weighted by Gasteiger charge is -2.32. The van der Waals surface area contributed by atoms with Crippen molar-refractivity contribution in [1.82, 2.24) is 42.0 Å². The summed E-state index contributed by atoms with van der Waals surface area (Å²) in [5.74, 6) is -11.1. The number of unbranched alkanes of at least 4 members (excludes halogenated alkanes) is 8. The molecule has 6 aromatic rings. The Bertz CT molecular complexity index is 5650. The van der Waals surface area contributed by atoms with Gasteiger partial charge in [-0.1, -0.05) is 160 Å². The van der Waals surface area contributed by atoms with Crippen molar-refractivity contribution in [2.24, 2.45) is 64.2 Å². The van der Waals surface area contributed by atoms with Gasteiger partial charge in [-0.2, -0.15) is 11.0 Å². The second-order valence-corrected chi connectivity index (χ2v) is 40.9. The van der Waals surface area contributed by atoms with Gasteiger partial charge >= 0.3 is 24.4 Å². The van der Waals surface area contributed by atoms with E-state index < -0.39 is 167 Å². The molecular weight excluding hydrogens is 1920 g/mol. The number of benzene rings is 6. The highest BCUT2D eigenvalue weighted by Crippen LogP contribution is 2.44. The van der Waals surface area contributed by atoms with Gasteiger partial charge in [-0.3, -0.25) is 57.5 Å². The monoisotopic (exact) mass is 2080 g/mol. The van der Waals surface area contributed by atoms with Crippen LogP contribution in [-0.4, -0.2) is 201 Å². The molecule has 0 saturated carbocycles. The molecule has 0 radical (unpaired) electrons. The van der Waals surface area contributed by atoms with E-state index in [-0.39, 0.29) is 122 Å². The Balaban J connectivity index is 0.000000413. The molecule has 0 unspecified atom stereocenters. The summed E-state index contributed by atoms with van der Waals surface area (Å²) in [4.78, 5) is 230. The number of fused-ring (bicyclic) bond motifs is 10. The number of ether oxygens (including phenoxy) is 6. The number of nitrogens with zero attached hydrogens (tertiary/aromatic N) is 2. The number of hydrogen-bond acceptors (Lipinski definition) is 27. The first-order valence-corrected chi connectivity index (χ1v) is 52.3. The third kappa shape index (κ3) is 39.3. The molecule has 16 N–H and O–H groups in total. The van der Waals surface area contributed by atoms with Crippen molar-refractivity contribution in [1.29, 1.82) is 0 Å². The first-order chi connectivity index (χ1) is 71.1. The largest absolute Gasteiger partial charge is 0.493 e. The summed E-state index contributed by atoms with van der Waals surface area (Å²) in [5, 5.41) is 11.0. The Labute approximate surface area is 881 Å². The quantitative estimate of drug-likeness (QED) is 0.00731. The predicted octanol–water partition coefficient (Wildman–Crippen LogP) is 14.5. The average molecular weight is 2080 g/mol. The van der Waals surface area contributed by atoms with Crippen molar-refractivity contribution in [3.63, 3.8) is 0 Å². The normalized spacial score (nSPS) is 16.5. The van der Waals surface area contributed by atoms with Crippen LogP contribution < -0.4 is 79.8 Å². The van der Waals surface area contributed by atoms with Crippen LogP contribution in [0.15, 0.2) is 109 Å². The Morgan fingerprint density at radius 3 is 1.16 bits per heavy atom. The fraction of sp³-hybridized carbons (Fsp3) is 0.540. The average Bonchev–Trinajstić information content (AvgIpc) is 0.778. The topological polar surface area (TPSA) is 556 Å². The second-order valence-electron chi connectivity index (χ2n) is 40.9. The van der Waals surface area contributed by atoms with E-state index in [2.05, 4.69) is 44.8 Å². The number of rotatable bonds is 48. The van der Waals surface area contributed by atoms with Crippen LogP contribution >= 0.6 is 0 Å². The van der Waals surface area contributed by atoms with Crippen molar-refractivity contribution < 1.29 is 115 Å². The molecule has 2 aliphatic rings. The Hall–Kier alpha value is -13.7. The molecule has 0 aliphatic carbocycles. The number of aryl methyl sites for hydroxylation is 4. The molecule has 10 atom stereocenters. The molecule has 150 heavy (non-hydrogen) atoms. The molecule has 820 valence electrons. The van der Waals surface area contributed by atoms with Crippen LogP contribution in [0.2, 0.25) is 0 Å². The zero-order chi connectivity index (χ0) is 111. The molecule has 37 heteroatoms. The predicted molar refractivity (Wildman–Crippen MR) is 568 cm³/mol. The lowest BCUT2D eigenvalue weighted by atomic mass is 9.87. The highest BCUT2D eigenvalue weighted by Gasteiger charge is 2.41. The van der Waals surface area contributed by atoms with E-state index in [4.69, 9.17) is 57.1 Å². The minimum atomic E-state index is -1.37. The van der Waals surface area contributed by atoms with Gasteiger partial charge in [0, 0.05) is 141 Å². The number of hydrogen-bond donors (Lipinski definition) is 11. The summed E-state index contributed by atoms with van der Waals surface area (Å²) < 4.78 is 35.9. The number of Topliss-reactive ketones (excluding diaryl/α,β-unsaturated/α-hetero) is 6. The fourth-order valence-corrected chi connectivity index (χ4v) is 17.9. The van der Waals surface area contributed by atoms with Gasteiger partial charge in [-0.25, -0.2) is 19.2 Å². The smallest absolute Gasteiger partial charge is 0.428 e. The van der Waals surface area contributed by atoms with Crippen molar-refractivity contribution in [3.8, 4) is 45.3 Å². The van der Waals surface area contributed by atoms with E-state index in [1.54, 1.807) is 127 Å². The Morgan fingerprint density at radius 1 is 0.427 bits per heavy atom. The van der Waals surface area contributed by atoms with Crippen LogP contribution in [0, 0.1) is 49.4 Å². The summed E-state index contributed by atoms with van der Waals surface area (Å²) >= 11 is 0. The van der Waals surface area contributed by atoms with Gasteiger partial charge in [0.25, 0.3) is 11.8 Å². The van der Waals surface area contributed by atoms with Gasteiger partial charge in [-0.15, -0.1) is 0 Å². The van der Waals surface area contributed by atoms with Gasteiger partial charge in [0.2, 0.25) is 23.6 Å². The maximum absolute atomic E-state index is 15.3. The number of hydroxylamine groups is 2. The molecule has 0 aromatic heterocycles. The number of primary amides is 2. The van der Waals surface area contributed by atoms with Gasteiger partial charge < -0.3 is 97.8 Å². The molecule has 0 spiro atoms. The van der Waals surface area contributed by atoms with E-state index in [1.807, 2.05) is 62.1 Å². The van der Waals surface area contributed by atoms with Crippen molar-refractivity contribution in [2.75, 3.05) is 73.2 Å². The highest BCUT2D eigenvalue weighted by molar-refractivity contribution is 6.03. The molecule has 10 amide bonds. The fourth-order valence-electron chi connectivity index (χ4n) is 17.9. The van der Waals surface area contributed by atoms with Crippen molar-refractivity contribution >= 4 is 94.5 Å². The molecule has 2 heterocycles. The summed E-state index contributed by atoms with van der Waals surface area (Å²) in [6.07, 6.45) is 8.05. The SMILES string of the molecule is CCCCCCCc1ccc(C(=O)C[C@@H](CCN)C(=O)N(C)[C@@H]2C(=O)C[C@@H](C)C(=O)N[C@H](C(=O)C[C@@H](C)C(=O)NOC(N)=O)Cc3ccc(OCCN)c(c3)-c3cc2ccc3OCCN)c(C)c1.CCCCCCCc1ccc(C(=O)C[C@@H](CCNC(=O)OC(C)(C)C)C(=O)N(C)[C@@H]2C(=O)C[C@@H](C)C(=O)N[C@H](C(=O)C[C@@H](C)C(=O)NOC(N)=O)Cc3ccc(OCCNC(=O)OC(C)(C)C)c(c3)-c3cc2ccc3OCCC)c(C)c1. The first kappa shape index (κ1) is 123. The maximum atomic E-state index is 15.3.